The van der Waals surface area contributed by atoms with Crippen LogP contribution in [-0.4, -0.2) is 20.1 Å². The lowest BCUT2D eigenvalue weighted by atomic mass is 9.75. The Hall–Kier alpha value is -0.0800. The van der Waals surface area contributed by atoms with Gasteiger partial charge >= 0.3 is 0 Å². The van der Waals surface area contributed by atoms with Gasteiger partial charge in [-0.1, -0.05) is 26.7 Å². The molecular formula is C11H26N2. The van der Waals surface area contributed by atoms with E-state index < -0.39 is 0 Å². The highest BCUT2D eigenvalue weighted by atomic mass is 14.8. The van der Waals surface area contributed by atoms with E-state index in [1.807, 2.05) is 7.05 Å². The third-order valence-electron chi connectivity index (χ3n) is 3.11. The van der Waals surface area contributed by atoms with Crippen LogP contribution in [0, 0.1) is 5.41 Å². The monoisotopic (exact) mass is 186 g/mol. The van der Waals surface area contributed by atoms with Crippen molar-refractivity contribution in [3.63, 3.8) is 0 Å². The lowest BCUT2D eigenvalue weighted by molar-refractivity contribution is 0.210. The van der Waals surface area contributed by atoms with E-state index in [0.29, 0.717) is 5.41 Å². The van der Waals surface area contributed by atoms with E-state index in [0.717, 1.165) is 13.1 Å². The van der Waals surface area contributed by atoms with Crippen molar-refractivity contribution in [1.82, 2.24) is 5.32 Å². The molecule has 1 unspecified atom stereocenters. The molecule has 0 radical (unpaired) electrons. The van der Waals surface area contributed by atoms with Gasteiger partial charge in [-0.15, -0.1) is 0 Å². The van der Waals surface area contributed by atoms with Gasteiger partial charge < -0.3 is 11.1 Å². The summed E-state index contributed by atoms with van der Waals surface area (Å²) in [7, 11) is 2.02. The fraction of sp³-hybridized carbons (Fsp3) is 1.00. The Morgan fingerprint density at radius 1 is 1.15 bits per heavy atom. The van der Waals surface area contributed by atoms with E-state index in [-0.39, 0.29) is 0 Å². The van der Waals surface area contributed by atoms with Crippen LogP contribution in [0.4, 0.5) is 0 Å². The van der Waals surface area contributed by atoms with E-state index in [1.165, 1.54) is 32.1 Å². The standard InChI is InChI=1S/C11H26N2/c1-4-6-11(5-2,7-9-12)8-10-13-3/h13H,4-10,12H2,1-3H3. The van der Waals surface area contributed by atoms with Gasteiger partial charge in [-0.05, 0) is 44.8 Å². The molecule has 13 heavy (non-hydrogen) atoms. The second-order valence-electron chi connectivity index (χ2n) is 4.00. The molecule has 0 fully saturated rings. The number of rotatable bonds is 8. The van der Waals surface area contributed by atoms with E-state index >= 15 is 0 Å². The molecule has 2 heteroatoms. The van der Waals surface area contributed by atoms with Crippen molar-refractivity contribution in [3.8, 4) is 0 Å². The third-order valence-corrected chi connectivity index (χ3v) is 3.11. The minimum absolute atomic E-state index is 0.506. The zero-order chi connectivity index (χ0) is 10.2. The van der Waals surface area contributed by atoms with Crippen molar-refractivity contribution in [3.05, 3.63) is 0 Å². The van der Waals surface area contributed by atoms with Crippen LogP contribution in [0.15, 0.2) is 0 Å². The lowest BCUT2D eigenvalue weighted by Gasteiger charge is -2.32. The molecule has 1 atom stereocenters. The zero-order valence-corrected chi connectivity index (χ0v) is 9.53. The minimum atomic E-state index is 0.506. The molecule has 0 aliphatic heterocycles. The highest BCUT2D eigenvalue weighted by Crippen LogP contribution is 2.35. The van der Waals surface area contributed by atoms with Crippen molar-refractivity contribution in [2.45, 2.75) is 46.0 Å². The molecule has 2 nitrogen and oxygen atoms in total. The number of hydrogen-bond donors (Lipinski definition) is 2. The normalized spacial score (nSPS) is 15.7. The van der Waals surface area contributed by atoms with Gasteiger partial charge in [0.25, 0.3) is 0 Å². The van der Waals surface area contributed by atoms with E-state index in [1.54, 1.807) is 0 Å². The Kier molecular flexibility index (Phi) is 7.29. The van der Waals surface area contributed by atoms with Gasteiger partial charge in [0.2, 0.25) is 0 Å². The van der Waals surface area contributed by atoms with Gasteiger partial charge in [0.1, 0.15) is 0 Å². The van der Waals surface area contributed by atoms with Crippen LogP contribution in [0.3, 0.4) is 0 Å². The maximum Gasteiger partial charge on any atom is -0.00466 e. The van der Waals surface area contributed by atoms with Gasteiger partial charge in [-0.3, -0.25) is 0 Å². The van der Waals surface area contributed by atoms with Gasteiger partial charge in [-0.25, -0.2) is 0 Å². The summed E-state index contributed by atoms with van der Waals surface area (Å²) in [4.78, 5) is 0. The summed E-state index contributed by atoms with van der Waals surface area (Å²) in [5.41, 5.74) is 6.18. The summed E-state index contributed by atoms with van der Waals surface area (Å²) >= 11 is 0. The number of nitrogens with one attached hydrogen (secondary N) is 1. The molecule has 80 valence electrons. The second-order valence-corrected chi connectivity index (χ2v) is 4.00. The Morgan fingerprint density at radius 3 is 2.23 bits per heavy atom. The van der Waals surface area contributed by atoms with Crippen molar-refractivity contribution in [2.24, 2.45) is 11.1 Å². The Bertz CT molecular complexity index is 107. The van der Waals surface area contributed by atoms with Crippen molar-refractivity contribution < 1.29 is 0 Å². The van der Waals surface area contributed by atoms with Crippen LogP contribution in [0.2, 0.25) is 0 Å². The Labute approximate surface area is 83.3 Å². The molecule has 0 aromatic rings. The molecule has 0 aromatic heterocycles. The first-order valence-corrected chi connectivity index (χ1v) is 5.59. The summed E-state index contributed by atoms with van der Waals surface area (Å²) in [5, 5.41) is 3.23. The largest absolute Gasteiger partial charge is 0.330 e. The SMILES string of the molecule is CCCC(CC)(CCN)CCNC. The highest BCUT2D eigenvalue weighted by molar-refractivity contribution is 4.78. The fourth-order valence-electron chi connectivity index (χ4n) is 2.13. The van der Waals surface area contributed by atoms with Gasteiger partial charge in [0.05, 0.1) is 0 Å². The van der Waals surface area contributed by atoms with Crippen LogP contribution in [-0.2, 0) is 0 Å². The smallest absolute Gasteiger partial charge is 0.00466 e. The fourth-order valence-corrected chi connectivity index (χ4v) is 2.13. The molecule has 0 saturated carbocycles. The van der Waals surface area contributed by atoms with Gasteiger partial charge in [0.15, 0.2) is 0 Å². The Morgan fingerprint density at radius 2 is 1.85 bits per heavy atom. The molecule has 0 saturated heterocycles. The maximum absolute atomic E-state index is 5.67. The topological polar surface area (TPSA) is 38.0 Å². The van der Waals surface area contributed by atoms with Crippen LogP contribution in [0.25, 0.3) is 0 Å². The summed E-state index contributed by atoms with van der Waals surface area (Å²) in [6.07, 6.45) is 6.31. The second kappa shape index (κ2) is 7.34. The summed E-state index contributed by atoms with van der Waals surface area (Å²) in [6, 6.07) is 0. The molecular weight excluding hydrogens is 160 g/mol. The zero-order valence-electron chi connectivity index (χ0n) is 9.53. The molecule has 0 heterocycles. The highest BCUT2D eigenvalue weighted by Gasteiger charge is 2.25. The van der Waals surface area contributed by atoms with Crippen molar-refractivity contribution >= 4 is 0 Å². The van der Waals surface area contributed by atoms with E-state index in [9.17, 15) is 0 Å². The first kappa shape index (κ1) is 12.9. The summed E-state index contributed by atoms with van der Waals surface area (Å²) in [5.74, 6) is 0. The van der Waals surface area contributed by atoms with Gasteiger partial charge in [-0.2, -0.15) is 0 Å². The molecule has 3 N–H and O–H groups in total. The molecule has 0 aliphatic carbocycles. The number of hydrogen-bond acceptors (Lipinski definition) is 2. The van der Waals surface area contributed by atoms with E-state index in [4.69, 9.17) is 5.73 Å². The van der Waals surface area contributed by atoms with Crippen LogP contribution in [0.5, 0.6) is 0 Å². The summed E-state index contributed by atoms with van der Waals surface area (Å²) in [6.45, 7) is 6.51. The lowest BCUT2D eigenvalue weighted by Crippen LogP contribution is -2.27. The quantitative estimate of drug-likeness (QED) is 0.609. The minimum Gasteiger partial charge on any atom is -0.330 e. The average molecular weight is 186 g/mol. The first-order valence-electron chi connectivity index (χ1n) is 5.59. The molecule has 0 rings (SSSR count). The van der Waals surface area contributed by atoms with Crippen LogP contribution < -0.4 is 11.1 Å². The first-order chi connectivity index (χ1) is 6.24. The molecule has 0 aromatic carbocycles. The Balaban J connectivity index is 4.07. The number of nitrogens with two attached hydrogens (primary N) is 1. The summed E-state index contributed by atoms with van der Waals surface area (Å²) < 4.78 is 0. The average Bonchev–Trinajstić information content (AvgIpc) is 2.15. The third kappa shape index (κ3) is 4.63. The molecule has 0 amide bonds. The van der Waals surface area contributed by atoms with Crippen LogP contribution >= 0.6 is 0 Å². The maximum atomic E-state index is 5.67. The molecule has 0 bridgehead atoms. The predicted molar refractivity (Wildman–Crippen MR) is 59.8 cm³/mol. The predicted octanol–water partition coefficient (Wildman–Crippen LogP) is 2.14. The van der Waals surface area contributed by atoms with Crippen molar-refractivity contribution in [1.29, 1.82) is 0 Å². The molecule has 0 spiro atoms. The van der Waals surface area contributed by atoms with Gasteiger partial charge in [0, 0.05) is 0 Å². The van der Waals surface area contributed by atoms with Crippen LogP contribution in [0.1, 0.15) is 46.0 Å². The van der Waals surface area contributed by atoms with E-state index in [2.05, 4.69) is 19.2 Å². The van der Waals surface area contributed by atoms with Crippen molar-refractivity contribution in [2.75, 3.05) is 20.1 Å². The molecule has 0 aliphatic rings.